The molecule has 0 aromatic heterocycles. The van der Waals surface area contributed by atoms with Crippen LogP contribution in [0.15, 0.2) is 29.2 Å². The molecule has 0 bridgehead atoms. The summed E-state index contributed by atoms with van der Waals surface area (Å²) in [5.74, 6) is 0. The lowest BCUT2D eigenvalue weighted by Crippen LogP contribution is -2.44. The Morgan fingerprint density at radius 2 is 2.00 bits per heavy atom. The molecule has 0 saturated heterocycles. The minimum Gasteiger partial charge on any atom is -0.381 e. The summed E-state index contributed by atoms with van der Waals surface area (Å²) in [4.78, 5) is 0.309. The fourth-order valence-electron chi connectivity index (χ4n) is 2.13. The van der Waals surface area contributed by atoms with Crippen LogP contribution in [0.1, 0.15) is 26.2 Å². The van der Waals surface area contributed by atoms with Crippen molar-refractivity contribution in [1.82, 2.24) is 4.72 Å². The average Bonchev–Trinajstić information content (AvgIpc) is 2.35. The first-order valence-corrected chi connectivity index (χ1v) is 8.12. The average molecular weight is 283 g/mol. The zero-order valence-electron chi connectivity index (χ0n) is 11.1. The van der Waals surface area contributed by atoms with Crippen molar-refractivity contribution in [2.24, 2.45) is 5.73 Å². The van der Waals surface area contributed by atoms with Crippen molar-refractivity contribution in [2.45, 2.75) is 43.2 Å². The van der Waals surface area contributed by atoms with E-state index >= 15 is 0 Å². The lowest BCUT2D eigenvalue weighted by atomic mass is 9.87. The second-order valence-electron chi connectivity index (χ2n) is 4.97. The summed E-state index contributed by atoms with van der Waals surface area (Å²) in [7, 11) is -3.44. The molecule has 19 heavy (non-hydrogen) atoms. The van der Waals surface area contributed by atoms with Gasteiger partial charge in [-0.15, -0.1) is 0 Å². The van der Waals surface area contributed by atoms with Crippen LogP contribution in [0.3, 0.4) is 0 Å². The smallest absolute Gasteiger partial charge is 0.242 e. The SMILES string of the molecule is CCCNS(=O)(=O)c1ccccc1NC1CC(N)C1. The molecular weight excluding hydrogens is 262 g/mol. The molecule has 0 atom stereocenters. The van der Waals surface area contributed by atoms with Crippen LogP contribution >= 0.6 is 0 Å². The summed E-state index contributed by atoms with van der Waals surface area (Å²) in [6.45, 7) is 2.38. The fourth-order valence-corrected chi connectivity index (χ4v) is 3.44. The van der Waals surface area contributed by atoms with Gasteiger partial charge in [0, 0.05) is 18.6 Å². The van der Waals surface area contributed by atoms with Crippen molar-refractivity contribution in [3.05, 3.63) is 24.3 Å². The Kier molecular flexibility index (Phi) is 4.44. The highest BCUT2D eigenvalue weighted by atomic mass is 32.2. The van der Waals surface area contributed by atoms with Crippen molar-refractivity contribution in [1.29, 1.82) is 0 Å². The van der Waals surface area contributed by atoms with Gasteiger partial charge in [-0.05, 0) is 31.4 Å². The van der Waals surface area contributed by atoms with Gasteiger partial charge in [-0.1, -0.05) is 19.1 Å². The van der Waals surface area contributed by atoms with E-state index in [1.54, 1.807) is 18.2 Å². The molecule has 0 spiro atoms. The summed E-state index contributed by atoms with van der Waals surface area (Å²) in [5.41, 5.74) is 6.40. The van der Waals surface area contributed by atoms with Crippen LogP contribution in [-0.4, -0.2) is 27.0 Å². The summed E-state index contributed by atoms with van der Waals surface area (Å²) < 4.78 is 27.0. The predicted octanol–water partition coefficient (Wildman–Crippen LogP) is 1.28. The van der Waals surface area contributed by atoms with Gasteiger partial charge < -0.3 is 11.1 Å². The zero-order valence-corrected chi connectivity index (χ0v) is 11.9. The molecule has 1 aliphatic rings. The molecule has 0 aliphatic heterocycles. The molecule has 0 heterocycles. The third kappa shape index (κ3) is 3.46. The largest absolute Gasteiger partial charge is 0.381 e. The fraction of sp³-hybridized carbons (Fsp3) is 0.538. The first kappa shape index (κ1) is 14.3. The summed E-state index contributed by atoms with van der Waals surface area (Å²) in [5, 5.41) is 3.26. The molecule has 6 heteroatoms. The quantitative estimate of drug-likeness (QED) is 0.734. The number of sulfonamides is 1. The Morgan fingerprint density at radius 1 is 1.32 bits per heavy atom. The van der Waals surface area contributed by atoms with Crippen LogP contribution in [0.5, 0.6) is 0 Å². The highest BCUT2D eigenvalue weighted by molar-refractivity contribution is 7.89. The highest BCUT2D eigenvalue weighted by Crippen LogP contribution is 2.27. The number of para-hydroxylation sites is 1. The molecule has 0 unspecified atom stereocenters. The molecule has 4 N–H and O–H groups in total. The van der Waals surface area contributed by atoms with E-state index in [1.165, 1.54) is 0 Å². The molecule has 5 nitrogen and oxygen atoms in total. The molecule has 106 valence electrons. The summed E-state index contributed by atoms with van der Waals surface area (Å²) in [6, 6.07) is 7.50. The number of benzene rings is 1. The van der Waals surface area contributed by atoms with Crippen molar-refractivity contribution in [3.63, 3.8) is 0 Å². The topological polar surface area (TPSA) is 84.2 Å². The Morgan fingerprint density at radius 3 is 2.63 bits per heavy atom. The Bertz CT molecular complexity index is 524. The van der Waals surface area contributed by atoms with E-state index in [2.05, 4.69) is 10.0 Å². The molecule has 1 aromatic rings. The summed E-state index contributed by atoms with van der Waals surface area (Å²) >= 11 is 0. The van der Waals surface area contributed by atoms with E-state index in [0.717, 1.165) is 19.3 Å². The zero-order chi connectivity index (χ0) is 13.9. The van der Waals surface area contributed by atoms with Gasteiger partial charge in [0.15, 0.2) is 0 Å². The summed E-state index contributed by atoms with van der Waals surface area (Å²) in [6.07, 6.45) is 2.54. The van der Waals surface area contributed by atoms with E-state index in [0.29, 0.717) is 17.1 Å². The molecule has 2 rings (SSSR count). The van der Waals surface area contributed by atoms with Gasteiger partial charge in [0.25, 0.3) is 0 Å². The van der Waals surface area contributed by atoms with Crippen molar-refractivity contribution in [3.8, 4) is 0 Å². The van der Waals surface area contributed by atoms with E-state index < -0.39 is 10.0 Å². The van der Waals surface area contributed by atoms with Crippen LogP contribution in [0.4, 0.5) is 5.69 Å². The molecule has 1 fully saturated rings. The van der Waals surface area contributed by atoms with Gasteiger partial charge in [0.05, 0.1) is 5.69 Å². The maximum absolute atomic E-state index is 12.2. The van der Waals surface area contributed by atoms with Gasteiger partial charge in [-0.25, -0.2) is 13.1 Å². The first-order valence-electron chi connectivity index (χ1n) is 6.63. The second-order valence-corrected chi connectivity index (χ2v) is 6.70. The van der Waals surface area contributed by atoms with E-state index in [4.69, 9.17) is 5.73 Å². The second kappa shape index (κ2) is 5.90. The first-order chi connectivity index (χ1) is 9.03. The van der Waals surface area contributed by atoms with Crippen molar-refractivity contribution < 1.29 is 8.42 Å². The van der Waals surface area contributed by atoms with Crippen LogP contribution in [0, 0.1) is 0 Å². The van der Waals surface area contributed by atoms with Gasteiger partial charge in [0.1, 0.15) is 4.90 Å². The molecule has 1 saturated carbocycles. The molecular formula is C13H21N3O2S. The van der Waals surface area contributed by atoms with Crippen molar-refractivity contribution >= 4 is 15.7 Å². The Hall–Kier alpha value is -1.11. The van der Waals surface area contributed by atoms with Crippen LogP contribution < -0.4 is 15.8 Å². The van der Waals surface area contributed by atoms with Crippen LogP contribution in [-0.2, 0) is 10.0 Å². The lowest BCUT2D eigenvalue weighted by Gasteiger charge is -2.34. The number of nitrogens with one attached hydrogen (secondary N) is 2. The normalized spacial score (nSPS) is 22.8. The highest BCUT2D eigenvalue weighted by Gasteiger charge is 2.27. The minimum atomic E-state index is -3.44. The number of rotatable bonds is 6. The van der Waals surface area contributed by atoms with E-state index in [-0.39, 0.29) is 12.1 Å². The maximum Gasteiger partial charge on any atom is 0.242 e. The van der Waals surface area contributed by atoms with Crippen molar-refractivity contribution in [2.75, 3.05) is 11.9 Å². The van der Waals surface area contributed by atoms with E-state index in [1.807, 2.05) is 13.0 Å². The van der Waals surface area contributed by atoms with Crippen LogP contribution in [0.25, 0.3) is 0 Å². The lowest BCUT2D eigenvalue weighted by molar-refractivity contribution is 0.373. The Balaban J connectivity index is 2.16. The maximum atomic E-state index is 12.2. The number of nitrogens with two attached hydrogens (primary N) is 1. The number of hydrogen-bond donors (Lipinski definition) is 3. The minimum absolute atomic E-state index is 0.236. The van der Waals surface area contributed by atoms with Gasteiger partial charge in [-0.3, -0.25) is 0 Å². The standard InChI is InChI=1S/C13H21N3O2S/c1-2-7-15-19(17,18)13-6-4-3-5-12(13)16-11-8-10(14)9-11/h3-6,10-11,15-16H,2,7-9,14H2,1H3. The number of anilines is 1. The van der Waals surface area contributed by atoms with Crippen LogP contribution in [0.2, 0.25) is 0 Å². The molecule has 0 radical (unpaired) electrons. The molecule has 1 aliphatic carbocycles. The monoisotopic (exact) mass is 283 g/mol. The third-order valence-electron chi connectivity index (χ3n) is 3.25. The Labute approximate surface area is 114 Å². The third-order valence-corrected chi connectivity index (χ3v) is 4.77. The van der Waals surface area contributed by atoms with Gasteiger partial charge in [-0.2, -0.15) is 0 Å². The predicted molar refractivity (Wildman–Crippen MR) is 76.5 cm³/mol. The van der Waals surface area contributed by atoms with Gasteiger partial charge >= 0.3 is 0 Å². The molecule has 1 aromatic carbocycles. The van der Waals surface area contributed by atoms with Gasteiger partial charge in [0.2, 0.25) is 10.0 Å². The van der Waals surface area contributed by atoms with E-state index in [9.17, 15) is 8.42 Å². The number of hydrogen-bond acceptors (Lipinski definition) is 4. The molecule has 0 amide bonds.